The van der Waals surface area contributed by atoms with Crippen molar-refractivity contribution in [2.45, 2.75) is 13.8 Å². The van der Waals surface area contributed by atoms with Crippen molar-refractivity contribution >= 4 is 50.5 Å². The maximum Gasteiger partial charge on any atom is 0.283 e. The lowest BCUT2D eigenvalue weighted by atomic mass is 10.1. The van der Waals surface area contributed by atoms with Gasteiger partial charge in [0.05, 0.1) is 19.4 Å². The Labute approximate surface area is 212 Å². The third-order valence-electron chi connectivity index (χ3n) is 5.11. The molecule has 0 aliphatic carbocycles. The quantitative estimate of drug-likeness (QED) is 0.251. The molecule has 4 rings (SSSR count). The molecule has 0 bridgehead atoms. The van der Waals surface area contributed by atoms with Crippen LogP contribution in [0.3, 0.4) is 0 Å². The Morgan fingerprint density at radius 3 is 2.26 bits per heavy atom. The molecular weight excluding hydrogens is 512 g/mol. The fourth-order valence-electron chi connectivity index (χ4n) is 3.58. The molecule has 0 unspecified atom stereocenters. The Balaban J connectivity index is 1.55. The molecule has 1 aliphatic heterocycles. The second-order valence-electron chi connectivity index (χ2n) is 7.83. The first-order chi connectivity index (χ1) is 16.4. The number of thioether (sulfide) groups is 1. The molecule has 1 amide bonds. The standard InChI is InChI=1S/C27H25BrN2O3S/c1-18-14-19(2)16-22(15-18)30-26(31)25(17-20-4-8-23(32-3)9-5-20)29-27(30)34-13-12-33-24-10-6-21(28)7-11-24/h4-11,14-17H,12-13H2,1-3H3. The Hall–Kier alpha value is -3.03. The molecule has 174 valence electrons. The molecule has 3 aromatic rings. The number of anilines is 1. The van der Waals surface area contributed by atoms with E-state index in [0.717, 1.165) is 38.3 Å². The van der Waals surface area contributed by atoms with Crippen LogP contribution in [0, 0.1) is 13.8 Å². The van der Waals surface area contributed by atoms with E-state index in [4.69, 9.17) is 14.5 Å². The number of carbonyl (C=O) groups excluding carboxylic acids is 1. The van der Waals surface area contributed by atoms with Gasteiger partial charge in [0.15, 0.2) is 5.17 Å². The van der Waals surface area contributed by atoms with Crippen LogP contribution in [-0.4, -0.2) is 30.5 Å². The number of ether oxygens (including phenoxy) is 2. The third kappa shape index (κ3) is 5.90. The molecule has 5 nitrogen and oxygen atoms in total. The summed E-state index contributed by atoms with van der Waals surface area (Å²) in [5.41, 5.74) is 4.30. The molecule has 0 atom stereocenters. The minimum absolute atomic E-state index is 0.142. The maximum absolute atomic E-state index is 13.4. The largest absolute Gasteiger partial charge is 0.497 e. The fraction of sp³-hybridized carbons (Fsp3) is 0.185. The van der Waals surface area contributed by atoms with E-state index >= 15 is 0 Å². The first-order valence-corrected chi connectivity index (χ1v) is 12.6. The van der Waals surface area contributed by atoms with Crippen LogP contribution in [0.5, 0.6) is 11.5 Å². The molecule has 0 fully saturated rings. The van der Waals surface area contributed by atoms with E-state index in [1.165, 1.54) is 11.8 Å². The van der Waals surface area contributed by atoms with E-state index in [2.05, 4.69) is 22.0 Å². The zero-order valence-electron chi connectivity index (χ0n) is 19.2. The van der Waals surface area contributed by atoms with Crippen LogP contribution in [0.4, 0.5) is 5.69 Å². The van der Waals surface area contributed by atoms with Crippen molar-refractivity contribution in [3.63, 3.8) is 0 Å². The molecule has 1 heterocycles. The minimum Gasteiger partial charge on any atom is -0.497 e. The van der Waals surface area contributed by atoms with Crippen LogP contribution in [0.15, 0.2) is 81.9 Å². The molecule has 0 N–H and O–H groups in total. The van der Waals surface area contributed by atoms with Crippen LogP contribution in [0.1, 0.15) is 16.7 Å². The molecular formula is C27H25BrN2O3S. The van der Waals surface area contributed by atoms with Crippen LogP contribution in [0.2, 0.25) is 0 Å². The molecule has 3 aromatic carbocycles. The van der Waals surface area contributed by atoms with Gasteiger partial charge >= 0.3 is 0 Å². The van der Waals surface area contributed by atoms with E-state index in [1.54, 1.807) is 12.0 Å². The smallest absolute Gasteiger partial charge is 0.283 e. The van der Waals surface area contributed by atoms with E-state index in [9.17, 15) is 4.79 Å². The van der Waals surface area contributed by atoms with Gasteiger partial charge in [0, 0.05) is 10.2 Å². The summed E-state index contributed by atoms with van der Waals surface area (Å²) in [6.07, 6.45) is 1.81. The summed E-state index contributed by atoms with van der Waals surface area (Å²) in [7, 11) is 1.63. The van der Waals surface area contributed by atoms with Gasteiger partial charge in [-0.05, 0) is 85.1 Å². The molecule has 0 radical (unpaired) electrons. The number of hydrogen-bond donors (Lipinski definition) is 0. The average Bonchev–Trinajstić information content (AvgIpc) is 3.12. The van der Waals surface area contributed by atoms with E-state index < -0.39 is 0 Å². The number of rotatable bonds is 7. The summed E-state index contributed by atoms with van der Waals surface area (Å²) >= 11 is 4.93. The highest BCUT2D eigenvalue weighted by molar-refractivity contribution is 9.10. The number of amides is 1. The molecule has 0 spiro atoms. The molecule has 0 saturated carbocycles. The highest BCUT2D eigenvalue weighted by Crippen LogP contribution is 2.31. The highest BCUT2D eigenvalue weighted by Gasteiger charge is 2.32. The van der Waals surface area contributed by atoms with Gasteiger partial charge in [0.2, 0.25) is 0 Å². The molecule has 0 saturated heterocycles. The molecule has 0 aromatic heterocycles. The molecule has 7 heteroatoms. The highest BCUT2D eigenvalue weighted by atomic mass is 79.9. The summed E-state index contributed by atoms with van der Waals surface area (Å²) in [6.45, 7) is 4.56. The Kier molecular flexibility index (Phi) is 7.75. The van der Waals surface area contributed by atoms with Gasteiger partial charge < -0.3 is 9.47 Å². The van der Waals surface area contributed by atoms with Crippen molar-refractivity contribution in [3.05, 3.63) is 93.6 Å². The number of halogens is 1. The van der Waals surface area contributed by atoms with Gasteiger partial charge in [-0.2, -0.15) is 0 Å². The summed E-state index contributed by atoms with van der Waals surface area (Å²) in [4.78, 5) is 19.8. The lowest BCUT2D eigenvalue weighted by Crippen LogP contribution is -2.30. The Morgan fingerprint density at radius 1 is 0.971 bits per heavy atom. The number of aryl methyl sites for hydroxylation is 2. The van der Waals surface area contributed by atoms with Crippen molar-refractivity contribution in [1.82, 2.24) is 0 Å². The van der Waals surface area contributed by atoms with E-state index in [-0.39, 0.29) is 5.91 Å². The van der Waals surface area contributed by atoms with Crippen molar-refractivity contribution < 1.29 is 14.3 Å². The Morgan fingerprint density at radius 2 is 1.62 bits per heavy atom. The normalized spacial score (nSPS) is 14.5. The topological polar surface area (TPSA) is 51.1 Å². The summed E-state index contributed by atoms with van der Waals surface area (Å²) in [6, 6.07) is 21.4. The average molecular weight is 537 g/mol. The summed E-state index contributed by atoms with van der Waals surface area (Å²) in [5, 5.41) is 0.647. The van der Waals surface area contributed by atoms with Gasteiger partial charge in [-0.3, -0.25) is 9.69 Å². The van der Waals surface area contributed by atoms with E-state index in [1.807, 2.05) is 80.6 Å². The number of hydrogen-bond acceptors (Lipinski definition) is 5. The van der Waals surface area contributed by atoms with Crippen LogP contribution in [0.25, 0.3) is 6.08 Å². The number of benzene rings is 3. The monoisotopic (exact) mass is 536 g/mol. The molecule has 34 heavy (non-hydrogen) atoms. The zero-order chi connectivity index (χ0) is 24.1. The van der Waals surface area contributed by atoms with Gasteiger partial charge in [0.25, 0.3) is 5.91 Å². The summed E-state index contributed by atoms with van der Waals surface area (Å²) in [5.74, 6) is 2.08. The Bertz CT molecular complexity index is 1220. The summed E-state index contributed by atoms with van der Waals surface area (Å²) < 4.78 is 12.1. The molecule has 1 aliphatic rings. The van der Waals surface area contributed by atoms with Gasteiger partial charge in [-0.1, -0.05) is 45.9 Å². The lowest BCUT2D eigenvalue weighted by Gasteiger charge is -2.19. The fourth-order valence-corrected chi connectivity index (χ4v) is 4.68. The first kappa shape index (κ1) is 24.1. The second kappa shape index (κ2) is 10.9. The SMILES string of the molecule is COc1ccc(C=C2N=C(SCCOc3ccc(Br)cc3)N(c3cc(C)cc(C)c3)C2=O)cc1. The lowest BCUT2D eigenvalue weighted by molar-refractivity contribution is -0.113. The van der Waals surface area contributed by atoms with Crippen molar-refractivity contribution in [1.29, 1.82) is 0 Å². The number of methoxy groups -OCH3 is 1. The predicted octanol–water partition coefficient (Wildman–Crippen LogP) is 6.63. The first-order valence-electron chi connectivity index (χ1n) is 10.8. The number of nitrogens with zero attached hydrogens (tertiary/aromatic N) is 2. The third-order valence-corrected chi connectivity index (χ3v) is 6.54. The van der Waals surface area contributed by atoms with Gasteiger partial charge in [-0.15, -0.1) is 0 Å². The van der Waals surface area contributed by atoms with Crippen molar-refractivity contribution in [2.75, 3.05) is 24.4 Å². The maximum atomic E-state index is 13.4. The van der Waals surface area contributed by atoms with Crippen LogP contribution >= 0.6 is 27.7 Å². The second-order valence-corrected chi connectivity index (χ2v) is 9.81. The van der Waals surface area contributed by atoms with Gasteiger partial charge in [-0.25, -0.2) is 4.99 Å². The van der Waals surface area contributed by atoms with Crippen LogP contribution < -0.4 is 14.4 Å². The minimum atomic E-state index is -0.142. The number of carbonyl (C=O) groups is 1. The van der Waals surface area contributed by atoms with Crippen LogP contribution in [-0.2, 0) is 4.79 Å². The van der Waals surface area contributed by atoms with Crippen molar-refractivity contribution in [3.8, 4) is 11.5 Å². The van der Waals surface area contributed by atoms with Gasteiger partial charge in [0.1, 0.15) is 17.2 Å². The van der Waals surface area contributed by atoms with E-state index in [0.29, 0.717) is 23.2 Å². The predicted molar refractivity (Wildman–Crippen MR) is 144 cm³/mol. The number of aliphatic imine (C=N–C) groups is 1. The zero-order valence-corrected chi connectivity index (χ0v) is 21.7. The van der Waals surface area contributed by atoms with Crippen molar-refractivity contribution in [2.24, 2.45) is 4.99 Å². The number of amidine groups is 1.